The lowest BCUT2D eigenvalue weighted by molar-refractivity contribution is -0.176. The van der Waals surface area contributed by atoms with Crippen molar-refractivity contribution in [1.29, 1.82) is 0 Å². The zero-order valence-corrected chi connectivity index (χ0v) is 25.9. The Morgan fingerprint density at radius 2 is 1.84 bits per heavy atom. The van der Waals surface area contributed by atoms with Crippen molar-refractivity contribution in [1.82, 2.24) is 10.3 Å². The average molecular weight is 633 g/mol. The van der Waals surface area contributed by atoms with Gasteiger partial charge in [0.2, 0.25) is 6.79 Å². The van der Waals surface area contributed by atoms with Gasteiger partial charge in [0.1, 0.15) is 30.4 Å². The molecule has 14 nitrogen and oxygen atoms in total. The van der Waals surface area contributed by atoms with Crippen molar-refractivity contribution in [2.75, 3.05) is 34.2 Å². The molecule has 45 heavy (non-hydrogen) atoms. The van der Waals surface area contributed by atoms with Gasteiger partial charge in [-0.3, -0.25) is 29.5 Å². The largest absolute Gasteiger partial charge is 0.493 e. The summed E-state index contributed by atoms with van der Waals surface area (Å²) in [5.41, 5.74) is 0.675. The molecule has 0 amide bonds. The first kappa shape index (κ1) is 35.2. The van der Waals surface area contributed by atoms with Gasteiger partial charge < -0.3 is 38.3 Å². The first-order chi connectivity index (χ1) is 21.5. The van der Waals surface area contributed by atoms with Gasteiger partial charge >= 0.3 is 23.9 Å². The number of cyclic esters (lactones) is 2. The molecule has 2 N–H and O–H groups in total. The number of nitrogens with zero attached hydrogens (tertiary/aromatic N) is 1. The number of ether oxygens (including phenoxy) is 7. The van der Waals surface area contributed by atoms with Crippen molar-refractivity contribution in [3.8, 4) is 11.5 Å². The van der Waals surface area contributed by atoms with E-state index in [1.165, 1.54) is 33.4 Å². The van der Waals surface area contributed by atoms with E-state index in [4.69, 9.17) is 33.2 Å². The van der Waals surface area contributed by atoms with Crippen LogP contribution in [-0.4, -0.2) is 86.4 Å². The van der Waals surface area contributed by atoms with E-state index in [9.17, 15) is 24.3 Å². The van der Waals surface area contributed by atoms with Crippen LogP contribution in [0.25, 0.3) is 0 Å². The highest BCUT2D eigenvalue weighted by Gasteiger charge is 2.42. The van der Waals surface area contributed by atoms with Crippen LogP contribution < -0.4 is 14.8 Å². The summed E-state index contributed by atoms with van der Waals surface area (Å²) in [7, 11) is 2.81. The summed E-state index contributed by atoms with van der Waals surface area (Å²) in [6, 6.07) is 9.19. The second kappa shape index (κ2) is 17.3. The molecule has 1 aliphatic heterocycles. The van der Waals surface area contributed by atoms with Crippen LogP contribution in [0.15, 0.2) is 42.6 Å². The van der Waals surface area contributed by atoms with E-state index in [0.29, 0.717) is 0 Å². The van der Waals surface area contributed by atoms with E-state index >= 15 is 0 Å². The van der Waals surface area contributed by atoms with Crippen molar-refractivity contribution in [3.63, 3.8) is 0 Å². The van der Waals surface area contributed by atoms with Crippen LogP contribution in [-0.2, 0) is 49.3 Å². The molecule has 1 aliphatic rings. The minimum Gasteiger partial charge on any atom is -0.493 e. The van der Waals surface area contributed by atoms with Gasteiger partial charge in [-0.1, -0.05) is 44.2 Å². The maximum atomic E-state index is 13.4. The smallest absolute Gasteiger partial charge is 0.327 e. The highest BCUT2D eigenvalue weighted by Crippen LogP contribution is 2.33. The number of aliphatic hydroxyl groups is 1. The number of rotatable bonds is 14. The Morgan fingerprint density at radius 1 is 1.11 bits per heavy atom. The molecular weight excluding hydrogens is 592 g/mol. The average Bonchev–Trinajstić information content (AvgIpc) is 3.06. The molecule has 14 heteroatoms. The van der Waals surface area contributed by atoms with Crippen molar-refractivity contribution < 1.29 is 57.4 Å². The number of nitrogens with one attached hydrogen (secondary N) is 1. The van der Waals surface area contributed by atoms with Crippen molar-refractivity contribution in [3.05, 3.63) is 53.9 Å². The molecule has 0 saturated carbocycles. The minimum atomic E-state index is -1.67. The summed E-state index contributed by atoms with van der Waals surface area (Å²) in [6.07, 6.45) is -2.37. The monoisotopic (exact) mass is 632 g/mol. The molecule has 0 radical (unpaired) electrons. The Hall–Kier alpha value is -4.27. The van der Waals surface area contributed by atoms with Gasteiger partial charge in [0, 0.05) is 19.4 Å². The van der Waals surface area contributed by atoms with Gasteiger partial charge in [-0.15, -0.1) is 0 Å². The van der Waals surface area contributed by atoms with Gasteiger partial charge in [-0.2, -0.15) is 0 Å². The molecule has 0 bridgehead atoms. The molecule has 1 unspecified atom stereocenters. The van der Waals surface area contributed by atoms with E-state index in [2.05, 4.69) is 10.3 Å². The SMILES string of the molecule is COCCC(=O)OCOc1c(OC)ccnc1C(O)N[C@H]1COC(=O)[C@H](Cc2ccccc2)[C@@H](OC(=O)C(C)C)[C@H](C)OC1=O. The summed E-state index contributed by atoms with van der Waals surface area (Å²) < 4.78 is 37.6. The zero-order valence-electron chi connectivity index (χ0n) is 25.9. The lowest BCUT2D eigenvalue weighted by Gasteiger charge is -2.29. The number of carbonyl (C=O) groups excluding carboxylic acids is 4. The quantitative estimate of drug-likeness (QED) is 0.175. The predicted octanol–water partition coefficient (Wildman–Crippen LogP) is 1.87. The lowest BCUT2D eigenvalue weighted by atomic mass is 9.91. The third-order valence-electron chi connectivity index (χ3n) is 6.83. The Balaban J connectivity index is 1.82. The summed E-state index contributed by atoms with van der Waals surface area (Å²) in [5.74, 6) is -4.14. The number of esters is 4. The molecule has 1 aromatic carbocycles. The number of aromatic nitrogens is 1. The topological polar surface area (TPSA) is 178 Å². The number of hydrogen-bond acceptors (Lipinski definition) is 14. The Morgan fingerprint density at radius 3 is 2.51 bits per heavy atom. The Bertz CT molecular complexity index is 1290. The molecule has 1 fully saturated rings. The molecule has 3 rings (SSSR count). The lowest BCUT2D eigenvalue weighted by Crippen LogP contribution is -2.46. The molecule has 0 aliphatic carbocycles. The summed E-state index contributed by atoms with van der Waals surface area (Å²) in [5, 5.41) is 13.8. The third-order valence-corrected chi connectivity index (χ3v) is 6.83. The summed E-state index contributed by atoms with van der Waals surface area (Å²) >= 11 is 0. The number of benzene rings is 1. The van der Waals surface area contributed by atoms with E-state index in [-0.39, 0.29) is 36.6 Å². The molecular formula is C31H40N2O12. The fraction of sp³-hybridized carbons (Fsp3) is 0.516. The summed E-state index contributed by atoms with van der Waals surface area (Å²) in [6.45, 7) is 3.94. The van der Waals surface area contributed by atoms with Crippen LogP contribution in [0, 0.1) is 11.8 Å². The van der Waals surface area contributed by atoms with Crippen molar-refractivity contribution in [2.45, 2.75) is 58.1 Å². The molecule has 1 saturated heterocycles. The number of methoxy groups -OCH3 is 2. The Labute approximate surface area is 261 Å². The molecule has 2 heterocycles. The third kappa shape index (κ3) is 10.1. The van der Waals surface area contributed by atoms with Crippen molar-refractivity contribution >= 4 is 23.9 Å². The normalized spacial score (nSPS) is 21.0. The zero-order chi connectivity index (χ0) is 32.9. The number of hydrogen-bond donors (Lipinski definition) is 2. The van der Waals surface area contributed by atoms with Crippen LogP contribution in [0.3, 0.4) is 0 Å². The van der Waals surface area contributed by atoms with Gasteiger partial charge in [0.25, 0.3) is 0 Å². The number of pyridine rings is 1. The predicted molar refractivity (Wildman–Crippen MR) is 156 cm³/mol. The first-order valence-electron chi connectivity index (χ1n) is 14.4. The van der Waals surface area contributed by atoms with E-state index in [1.807, 2.05) is 30.3 Å². The molecule has 0 spiro atoms. The van der Waals surface area contributed by atoms with E-state index < -0.39 is 73.6 Å². The van der Waals surface area contributed by atoms with Gasteiger partial charge in [0.05, 0.1) is 26.1 Å². The highest BCUT2D eigenvalue weighted by atomic mass is 16.7. The standard InChI is InChI=1S/C31H40N2O12/c1-18(2)29(36)45-26-19(3)44-31(38)22(16-41-30(37)21(26)15-20-9-7-6-8-10-20)33-28(35)25-27(23(40-5)11-13-32-25)43-17-42-24(34)12-14-39-4/h6-11,13,18-19,21-22,26,28,33,35H,12,14-17H2,1-5H3/t19-,21+,22-,26-,28?/m0/s1. The Kier molecular flexibility index (Phi) is 13.5. The van der Waals surface area contributed by atoms with Crippen molar-refractivity contribution in [2.24, 2.45) is 11.8 Å². The molecule has 5 atom stereocenters. The van der Waals surface area contributed by atoms with Gasteiger partial charge in [0.15, 0.2) is 23.8 Å². The second-order valence-electron chi connectivity index (χ2n) is 10.5. The maximum absolute atomic E-state index is 13.4. The van der Waals surface area contributed by atoms with Crippen LogP contribution in [0.2, 0.25) is 0 Å². The fourth-order valence-corrected chi connectivity index (χ4v) is 4.39. The van der Waals surface area contributed by atoms with Crippen LogP contribution in [0.1, 0.15) is 44.7 Å². The minimum absolute atomic E-state index is 0.00569. The van der Waals surface area contributed by atoms with Gasteiger partial charge in [-0.05, 0) is 18.9 Å². The fourth-order valence-electron chi connectivity index (χ4n) is 4.39. The van der Waals surface area contributed by atoms with Crippen LogP contribution in [0.5, 0.6) is 11.5 Å². The molecule has 2 aromatic rings. The highest BCUT2D eigenvalue weighted by molar-refractivity contribution is 5.80. The number of carbonyl (C=O) groups is 4. The van der Waals surface area contributed by atoms with E-state index in [0.717, 1.165) is 5.56 Å². The molecule has 246 valence electrons. The molecule has 1 aromatic heterocycles. The number of aliphatic hydroxyl groups excluding tert-OH is 1. The van der Waals surface area contributed by atoms with Crippen LogP contribution in [0.4, 0.5) is 0 Å². The van der Waals surface area contributed by atoms with E-state index in [1.54, 1.807) is 13.8 Å². The van der Waals surface area contributed by atoms with Crippen LogP contribution >= 0.6 is 0 Å². The summed E-state index contributed by atoms with van der Waals surface area (Å²) in [4.78, 5) is 55.3. The first-order valence-corrected chi connectivity index (χ1v) is 14.4. The maximum Gasteiger partial charge on any atom is 0.327 e. The second-order valence-corrected chi connectivity index (χ2v) is 10.5. The van der Waals surface area contributed by atoms with Gasteiger partial charge in [-0.25, -0.2) is 0 Å².